The first kappa shape index (κ1) is 39.9. The van der Waals surface area contributed by atoms with Gasteiger partial charge in [0.25, 0.3) is 0 Å². The minimum atomic E-state index is -1.47. The maximum atomic E-state index is 13.1. The van der Waals surface area contributed by atoms with Crippen molar-refractivity contribution in [3.8, 4) is 0 Å². The molecule has 0 aromatic heterocycles. The second-order valence-corrected chi connectivity index (χ2v) is 13.3. The fourth-order valence-corrected chi connectivity index (χ4v) is 4.86. The van der Waals surface area contributed by atoms with Crippen molar-refractivity contribution in [2.45, 2.75) is 122 Å². The Morgan fingerprint density at radius 1 is 1.02 bits per heavy atom. The van der Waals surface area contributed by atoms with Crippen molar-refractivity contribution in [1.82, 2.24) is 9.80 Å². The average Bonchev–Trinajstić information content (AvgIpc) is 3.72. The summed E-state index contributed by atoms with van der Waals surface area (Å²) in [6.45, 7) is 13.5. The molecule has 44 heavy (non-hydrogen) atoms. The number of hydrogen-bond donors (Lipinski definition) is 4. The van der Waals surface area contributed by atoms with Gasteiger partial charge in [-0.25, -0.2) is 4.79 Å². The largest absolute Gasteiger partial charge is 0.439 e. The highest BCUT2D eigenvalue weighted by atomic mass is 16.6. The first-order valence-electron chi connectivity index (χ1n) is 16.0. The van der Waals surface area contributed by atoms with Crippen LogP contribution in [-0.4, -0.2) is 118 Å². The molecule has 4 N–H and O–H groups in total. The lowest BCUT2D eigenvalue weighted by atomic mass is 9.89. The molecule has 1 amide bonds. The highest BCUT2D eigenvalue weighted by Gasteiger charge is 2.47. The number of carbonyl (C=O) groups is 2. The van der Waals surface area contributed by atoms with E-state index in [1.165, 1.54) is 4.90 Å². The SMILES string of the molecule is CCC(O)CCC(C)(O)C(/C=C/C(C)C(=O)/C(C)=C/C=C/C(C)(O)CC1OC1C(C)C(O)CC)OC(=O)N(C)CCN(C)C. The Morgan fingerprint density at radius 2 is 1.66 bits per heavy atom. The number of amides is 1. The Labute approximate surface area is 265 Å². The molecule has 0 radical (unpaired) electrons. The summed E-state index contributed by atoms with van der Waals surface area (Å²) in [5.74, 6) is -0.734. The highest BCUT2D eigenvalue weighted by Crippen LogP contribution is 2.37. The van der Waals surface area contributed by atoms with Gasteiger partial charge in [0.05, 0.1) is 30.0 Å². The maximum Gasteiger partial charge on any atom is 0.410 e. The summed E-state index contributed by atoms with van der Waals surface area (Å²) in [7, 11) is 5.43. The predicted octanol–water partition coefficient (Wildman–Crippen LogP) is 3.87. The fraction of sp³-hybridized carbons (Fsp3) is 0.765. The summed E-state index contributed by atoms with van der Waals surface area (Å²) in [6.07, 6.45) is 7.38. The molecule has 1 saturated heterocycles. The van der Waals surface area contributed by atoms with Crippen LogP contribution in [0.1, 0.15) is 80.6 Å². The number of rotatable bonds is 20. The lowest BCUT2D eigenvalue weighted by molar-refractivity contribution is -0.117. The van der Waals surface area contributed by atoms with Crippen molar-refractivity contribution in [3.63, 3.8) is 0 Å². The third-order valence-electron chi connectivity index (χ3n) is 8.45. The molecule has 9 unspecified atom stereocenters. The van der Waals surface area contributed by atoms with Gasteiger partial charge in [0.2, 0.25) is 0 Å². The number of ether oxygens (including phenoxy) is 2. The minimum Gasteiger partial charge on any atom is -0.439 e. The van der Waals surface area contributed by atoms with E-state index in [0.29, 0.717) is 44.3 Å². The van der Waals surface area contributed by atoms with Crippen LogP contribution in [0.25, 0.3) is 0 Å². The fourth-order valence-electron chi connectivity index (χ4n) is 4.86. The van der Waals surface area contributed by atoms with Crippen LogP contribution in [0.3, 0.4) is 0 Å². The number of hydrogen-bond acceptors (Lipinski definition) is 9. The molecule has 1 aliphatic rings. The number of Topliss-reactive ketones (excluding diaryl/α,β-unsaturated/α-hetero) is 1. The lowest BCUT2D eigenvalue weighted by Crippen LogP contribution is -2.45. The highest BCUT2D eigenvalue weighted by molar-refractivity contribution is 5.97. The smallest absolute Gasteiger partial charge is 0.410 e. The molecule has 0 bridgehead atoms. The third kappa shape index (κ3) is 13.9. The zero-order valence-corrected chi connectivity index (χ0v) is 28.7. The second kappa shape index (κ2) is 18.2. The van der Waals surface area contributed by atoms with E-state index in [9.17, 15) is 30.0 Å². The van der Waals surface area contributed by atoms with Gasteiger partial charge in [0.15, 0.2) is 11.9 Å². The molecule has 254 valence electrons. The molecular weight excluding hydrogens is 564 g/mol. The average molecular weight is 625 g/mol. The number of aliphatic hydroxyl groups excluding tert-OH is 2. The molecule has 1 aliphatic heterocycles. The Balaban J connectivity index is 2.92. The number of carbonyl (C=O) groups excluding carboxylic acids is 2. The Kier molecular flexibility index (Phi) is 16.5. The molecule has 10 nitrogen and oxygen atoms in total. The molecule has 1 heterocycles. The summed E-state index contributed by atoms with van der Waals surface area (Å²) in [6, 6.07) is 0. The second-order valence-electron chi connectivity index (χ2n) is 13.3. The number of aliphatic hydroxyl groups is 4. The Bertz CT molecular complexity index is 990. The molecule has 0 spiro atoms. The van der Waals surface area contributed by atoms with Crippen LogP contribution in [0.2, 0.25) is 0 Å². The van der Waals surface area contributed by atoms with Crippen LogP contribution >= 0.6 is 0 Å². The molecule has 1 rings (SSSR count). The zero-order valence-electron chi connectivity index (χ0n) is 28.7. The zero-order chi connectivity index (χ0) is 33.8. The molecule has 9 atom stereocenters. The van der Waals surface area contributed by atoms with Crippen molar-refractivity contribution in [1.29, 1.82) is 0 Å². The molecule has 1 fully saturated rings. The van der Waals surface area contributed by atoms with Crippen molar-refractivity contribution in [3.05, 3.63) is 36.0 Å². The van der Waals surface area contributed by atoms with E-state index in [0.717, 1.165) is 0 Å². The maximum absolute atomic E-state index is 13.1. The summed E-state index contributed by atoms with van der Waals surface area (Å²) in [4.78, 5) is 29.3. The van der Waals surface area contributed by atoms with Gasteiger partial charge in [-0.15, -0.1) is 0 Å². The van der Waals surface area contributed by atoms with Gasteiger partial charge in [0.1, 0.15) is 5.60 Å². The number of likely N-dealkylation sites (N-methyl/N-ethyl adjacent to an activating group) is 2. The van der Waals surface area contributed by atoms with E-state index >= 15 is 0 Å². The van der Waals surface area contributed by atoms with Crippen LogP contribution in [0.15, 0.2) is 36.0 Å². The van der Waals surface area contributed by atoms with Gasteiger partial charge in [-0.3, -0.25) is 4.79 Å². The quantitative estimate of drug-likeness (QED) is 0.0687. The van der Waals surface area contributed by atoms with Crippen LogP contribution in [-0.2, 0) is 14.3 Å². The Morgan fingerprint density at radius 3 is 2.23 bits per heavy atom. The first-order chi connectivity index (χ1) is 20.3. The van der Waals surface area contributed by atoms with Crippen LogP contribution in [0.4, 0.5) is 4.79 Å². The molecule has 10 heteroatoms. The van der Waals surface area contributed by atoms with E-state index in [4.69, 9.17) is 9.47 Å². The number of ketones is 1. The van der Waals surface area contributed by atoms with Gasteiger partial charge in [-0.2, -0.15) is 0 Å². The Hall–Kier alpha value is -2.08. The summed E-state index contributed by atoms with van der Waals surface area (Å²) < 4.78 is 11.4. The van der Waals surface area contributed by atoms with E-state index in [1.54, 1.807) is 65.1 Å². The standard InChI is InChI=1S/C34H60N2O8/c1-11-26(37)17-19-34(7,42)29(44-32(40)36(10)21-20-35(8)9)16-15-24(4)30(39)23(3)14-13-18-33(6,41)22-28-31(43-28)25(5)27(38)12-2/h13-16,18,24-29,31,37-38,41-42H,11-12,17,19-22H2,1-10H3/b16-15+,18-13+,23-14+. The van der Waals surface area contributed by atoms with E-state index in [-0.39, 0.29) is 30.3 Å². The van der Waals surface area contributed by atoms with Crippen molar-refractivity contribution >= 4 is 11.9 Å². The van der Waals surface area contributed by atoms with E-state index in [1.807, 2.05) is 39.8 Å². The number of allylic oxidation sites excluding steroid dienone is 4. The van der Waals surface area contributed by atoms with Gasteiger partial charge < -0.3 is 39.7 Å². The molecule has 0 aromatic rings. The van der Waals surface area contributed by atoms with Gasteiger partial charge in [-0.05, 0) is 72.2 Å². The van der Waals surface area contributed by atoms with Crippen molar-refractivity contribution in [2.24, 2.45) is 11.8 Å². The van der Waals surface area contributed by atoms with E-state index < -0.39 is 41.5 Å². The minimum absolute atomic E-state index is 0.00202. The topological polar surface area (TPSA) is 143 Å². The molecular formula is C34H60N2O8. The van der Waals surface area contributed by atoms with Crippen LogP contribution in [0.5, 0.6) is 0 Å². The van der Waals surface area contributed by atoms with Crippen LogP contribution < -0.4 is 0 Å². The molecule has 0 aliphatic carbocycles. The lowest BCUT2D eigenvalue weighted by Gasteiger charge is -2.33. The van der Waals surface area contributed by atoms with Gasteiger partial charge in [-0.1, -0.05) is 52.0 Å². The third-order valence-corrected chi connectivity index (χ3v) is 8.45. The van der Waals surface area contributed by atoms with Crippen molar-refractivity contribution < 1.29 is 39.5 Å². The van der Waals surface area contributed by atoms with Crippen molar-refractivity contribution in [2.75, 3.05) is 34.2 Å². The number of epoxide rings is 1. The molecule has 0 aromatic carbocycles. The van der Waals surface area contributed by atoms with E-state index in [2.05, 4.69) is 0 Å². The monoisotopic (exact) mass is 624 g/mol. The number of nitrogens with zero attached hydrogens (tertiary/aromatic N) is 2. The molecule has 0 saturated carbocycles. The summed E-state index contributed by atoms with van der Waals surface area (Å²) in [5.41, 5.74) is -2.14. The first-order valence-corrected chi connectivity index (χ1v) is 16.0. The van der Waals surface area contributed by atoms with Gasteiger partial charge >= 0.3 is 6.09 Å². The predicted molar refractivity (Wildman–Crippen MR) is 173 cm³/mol. The summed E-state index contributed by atoms with van der Waals surface area (Å²) in [5, 5.41) is 42.2. The summed E-state index contributed by atoms with van der Waals surface area (Å²) >= 11 is 0. The van der Waals surface area contributed by atoms with Crippen LogP contribution in [0, 0.1) is 11.8 Å². The normalized spacial score (nSPS) is 23.6. The van der Waals surface area contributed by atoms with Gasteiger partial charge in [0, 0.05) is 38.4 Å².